The summed E-state index contributed by atoms with van der Waals surface area (Å²) in [4.78, 5) is 85.2. The molecule has 80 heavy (non-hydrogen) atoms. The van der Waals surface area contributed by atoms with E-state index in [0.717, 1.165) is 38.5 Å². The van der Waals surface area contributed by atoms with E-state index in [1.165, 1.54) is 21.8 Å². The molecule has 28 nitrogen and oxygen atoms in total. The van der Waals surface area contributed by atoms with Crippen LogP contribution in [0.3, 0.4) is 0 Å². The topological polar surface area (TPSA) is 401 Å². The quantitative estimate of drug-likeness (QED) is 0.0396. The number of ether oxygens (including phenoxy) is 3. The van der Waals surface area contributed by atoms with Crippen LogP contribution >= 0.6 is 53.6 Å². The molecule has 6 fully saturated rings. The third kappa shape index (κ3) is 10.7. The highest BCUT2D eigenvalue weighted by atomic mass is 35.5. The van der Waals surface area contributed by atoms with Crippen LogP contribution in [-0.2, 0) is 36.8 Å². The highest BCUT2D eigenvalue weighted by Crippen LogP contribution is 2.67. The van der Waals surface area contributed by atoms with E-state index in [0.29, 0.717) is 39.1 Å². The fourth-order valence-electron chi connectivity index (χ4n) is 13.9. The number of fused-ring (bicyclic) bond motifs is 5. The second kappa shape index (κ2) is 19.8. The summed E-state index contributed by atoms with van der Waals surface area (Å²) in [6.45, 7) is 3.08. The van der Waals surface area contributed by atoms with Gasteiger partial charge in [0.1, 0.15) is 36.3 Å². The summed E-state index contributed by atoms with van der Waals surface area (Å²) < 4.78 is 81.8. The van der Waals surface area contributed by atoms with Crippen molar-refractivity contribution in [2.24, 2.45) is 16.7 Å². The molecule has 13 rings (SSSR count). The van der Waals surface area contributed by atoms with Crippen molar-refractivity contribution >= 4 is 104 Å². The van der Waals surface area contributed by atoms with Gasteiger partial charge in [0.25, 0.3) is 0 Å². The van der Waals surface area contributed by atoms with Gasteiger partial charge in [-0.25, -0.2) is 9.97 Å². The van der Waals surface area contributed by atoms with Crippen molar-refractivity contribution in [2.45, 2.75) is 107 Å². The van der Waals surface area contributed by atoms with Gasteiger partial charge >= 0.3 is 30.4 Å². The van der Waals surface area contributed by atoms with Crippen LogP contribution in [0.5, 0.6) is 5.75 Å². The standard InChI is InChI=1S/C46H54Cl2N10O18P4/c1-44-10-22-11-45(2,15-44)17-46(12-22,16-44)55-36-30-37(52-42(47)51-36)57(18-49-30)41-35(33(60)29(76-41)14-73-80(70,71)21-78(65,66)67)74-23-7-8-27-25(9-23)24-5-3-4-6-26(24)58(27)39-31-38(53-43(48)54-39)56(19-50-31)40-34(61)32(59)28(75-40)13-72-79(68,69)20-77(62,63)64/h3-9,18-19,22,28-29,32-35,40-41,59-61H,10-17,20-21H2,1-2H3,(H,68,69)(H,70,71)(H,51,52,55)(H2,62,63,64)(H2,65,66,67)/t22-,28-,29-,32?,33?,34?,35?,40-,41-,44+,45-,46-/m1/s1. The zero-order chi connectivity index (χ0) is 56.9. The molecule has 2 aromatic carbocycles. The second-order valence-corrected chi connectivity index (χ2v) is 31.2. The van der Waals surface area contributed by atoms with Gasteiger partial charge < -0.3 is 73.3 Å². The molecule has 0 amide bonds. The van der Waals surface area contributed by atoms with E-state index in [1.54, 1.807) is 41.0 Å². The molecular formula is C46H54Cl2N10O18P4. The second-order valence-electron chi connectivity index (χ2n) is 22.5. The zero-order valence-electron chi connectivity index (χ0n) is 42.2. The lowest BCUT2D eigenvalue weighted by Crippen LogP contribution is -2.61. The lowest BCUT2D eigenvalue weighted by Gasteiger charge is -2.65. The molecule has 34 heteroatoms. The van der Waals surface area contributed by atoms with Crippen LogP contribution in [0.1, 0.15) is 64.8 Å². The van der Waals surface area contributed by atoms with Crippen LogP contribution in [0, 0.1) is 16.7 Å². The number of halogens is 2. The summed E-state index contributed by atoms with van der Waals surface area (Å²) in [5.74, 6) is -1.65. The molecule has 7 aromatic rings. The monoisotopic (exact) mass is 1230 g/mol. The van der Waals surface area contributed by atoms with Gasteiger partial charge in [-0.15, -0.1) is 0 Å². The van der Waals surface area contributed by atoms with E-state index in [-0.39, 0.29) is 55.3 Å². The van der Waals surface area contributed by atoms with Gasteiger partial charge in [-0.2, -0.15) is 19.9 Å². The largest absolute Gasteiger partial charge is 0.483 e. The summed E-state index contributed by atoms with van der Waals surface area (Å²) in [5, 5.41) is 38.8. The molecule has 2 saturated heterocycles. The van der Waals surface area contributed by atoms with Crippen molar-refractivity contribution in [2.75, 3.05) is 30.3 Å². The van der Waals surface area contributed by atoms with Gasteiger partial charge in [-0.3, -0.25) is 32.0 Å². The summed E-state index contributed by atoms with van der Waals surface area (Å²) >= 11 is 13.3. The first kappa shape index (κ1) is 56.4. The summed E-state index contributed by atoms with van der Waals surface area (Å²) in [5.41, 5.74) is 1.88. The maximum absolute atomic E-state index is 12.9. The van der Waals surface area contributed by atoms with E-state index in [1.807, 2.05) is 6.07 Å². The van der Waals surface area contributed by atoms with Crippen LogP contribution in [0.15, 0.2) is 55.1 Å². The predicted octanol–water partition coefficient (Wildman–Crippen LogP) is 5.53. The normalized spacial score (nSPS) is 32.1. The van der Waals surface area contributed by atoms with Gasteiger partial charge in [0, 0.05) is 16.3 Å². The predicted molar refractivity (Wildman–Crippen MR) is 284 cm³/mol. The molecule has 10 N–H and O–H groups in total. The number of aromatic nitrogens is 9. The first-order chi connectivity index (χ1) is 37.5. The van der Waals surface area contributed by atoms with Crippen molar-refractivity contribution < 1.29 is 86.2 Å². The van der Waals surface area contributed by atoms with E-state index >= 15 is 0 Å². The van der Waals surface area contributed by atoms with Gasteiger partial charge in [0.15, 0.2) is 64.3 Å². The number of anilines is 1. The smallest absolute Gasteiger partial charge is 0.340 e. The number of aliphatic hydroxyl groups excluding tert-OH is 3. The van der Waals surface area contributed by atoms with Gasteiger partial charge in [-0.1, -0.05) is 32.0 Å². The molecular weight excluding hydrogens is 1180 g/mol. The number of rotatable bonds is 17. The summed E-state index contributed by atoms with van der Waals surface area (Å²) in [6, 6.07) is 12.2. The van der Waals surface area contributed by atoms with Crippen LogP contribution < -0.4 is 10.1 Å². The third-order valence-corrected chi connectivity index (χ3v) is 23.0. The molecule has 4 saturated carbocycles. The Morgan fingerprint density at radius 2 is 1.24 bits per heavy atom. The van der Waals surface area contributed by atoms with Crippen molar-refractivity contribution in [3.8, 4) is 11.6 Å². The molecule has 5 aromatic heterocycles. The van der Waals surface area contributed by atoms with Crippen molar-refractivity contribution in [1.29, 1.82) is 0 Å². The number of para-hydroxylation sites is 1. The van der Waals surface area contributed by atoms with Crippen LogP contribution in [-0.4, -0.2) is 155 Å². The number of imidazole rings is 2. The number of hydrogen-bond acceptors (Lipinski definition) is 19. The number of benzene rings is 2. The van der Waals surface area contributed by atoms with E-state index in [2.05, 4.69) is 44.1 Å². The lowest BCUT2D eigenvalue weighted by atomic mass is 9.43. The Hall–Kier alpha value is -4.08. The summed E-state index contributed by atoms with van der Waals surface area (Å²) in [6.07, 6.45) is -3.01. The highest BCUT2D eigenvalue weighted by molar-refractivity contribution is 7.70. The zero-order valence-corrected chi connectivity index (χ0v) is 47.3. The molecule has 0 spiro atoms. The maximum Gasteiger partial charge on any atom is 0.340 e. The Kier molecular flexibility index (Phi) is 13.9. The molecule has 6 aliphatic rings. The Balaban J connectivity index is 0.879. The van der Waals surface area contributed by atoms with Crippen molar-refractivity contribution in [3.63, 3.8) is 0 Å². The fraction of sp³-hybridized carbons (Fsp3) is 0.522. The van der Waals surface area contributed by atoms with Gasteiger partial charge in [0.2, 0.25) is 10.6 Å². The average Bonchev–Trinajstić information content (AvgIpc) is 4.18. The number of hydrogen-bond donors (Lipinski definition) is 10. The van der Waals surface area contributed by atoms with Crippen molar-refractivity contribution in [1.82, 2.24) is 43.6 Å². The Morgan fingerprint density at radius 1 is 0.675 bits per heavy atom. The molecule has 4 bridgehead atoms. The summed E-state index contributed by atoms with van der Waals surface area (Å²) in [7, 11) is -19.8. The number of nitrogens with zero attached hydrogens (tertiary/aromatic N) is 9. The van der Waals surface area contributed by atoms with Gasteiger partial charge in [-0.05, 0) is 103 Å². The van der Waals surface area contributed by atoms with Crippen LogP contribution in [0.4, 0.5) is 5.82 Å². The number of aliphatic hydroxyl groups is 3. The van der Waals surface area contributed by atoms with E-state index in [4.69, 9.17) is 51.4 Å². The Morgan fingerprint density at radius 3 is 1.88 bits per heavy atom. The minimum absolute atomic E-state index is 0.0232. The third-order valence-electron chi connectivity index (χ3n) is 15.7. The lowest BCUT2D eigenvalue weighted by molar-refractivity contribution is -0.0973. The molecule has 6 unspecified atom stereocenters. The van der Waals surface area contributed by atoms with E-state index in [9.17, 15) is 62.9 Å². The van der Waals surface area contributed by atoms with Crippen LogP contribution in [0.25, 0.3) is 50.0 Å². The first-order valence-electron chi connectivity index (χ1n) is 25.1. The minimum atomic E-state index is -5.02. The first-order valence-corrected chi connectivity index (χ1v) is 33.0. The van der Waals surface area contributed by atoms with E-state index < -0.39 is 104 Å². The maximum atomic E-state index is 12.9. The fourth-order valence-corrected chi connectivity index (χ4v) is 19.3. The Bertz CT molecular complexity index is 3820. The molecule has 2 aliphatic heterocycles. The van der Waals surface area contributed by atoms with Crippen molar-refractivity contribution in [3.05, 3.63) is 65.7 Å². The average molecular weight is 1230 g/mol. The highest BCUT2D eigenvalue weighted by Gasteiger charge is 2.60. The van der Waals surface area contributed by atoms with Crippen LogP contribution in [0.2, 0.25) is 10.6 Å². The Labute approximate surface area is 462 Å². The number of nitrogens with one attached hydrogen (secondary N) is 1. The molecule has 7 heterocycles. The molecule has 0 radical (unpaired) electrons. The SMILES string of the molecule is C[C@]12C[C@@H]3C[C@](C)(C1)C[C@@](Nc1nc(Cl)nc4c1ncn4[C@@H]1O[C@H](COP(=O)(O)CP(=O)(O)O)C(O)C1Oc1ccc4c(c1)c1ccccc1n4-c1nc(Cl)nc4c1ncn4[C@@H]1O[C@H](COP(=O)(O)CP(=O)(O)O)C(O)C1O)(C3)C2. The molecule has 14 atom stereocenters. The molecule has 4 aliphatic carbocycles. The minimum Gasteiger partial charge on any atom is -0.483 e. The van der Waals surface area contributed by atoms with Gasteiger partial charge in [0.05, 0.1) is 36.9 Å². The molecule has 430 valence electrons.